The molecule has 0 amide bonds. The van der Waals surface area contributed by atoms with Gasteiger partial charge in [0.15, 0.2) is 5.78 Å². The van der Waals surface area contributed by atoms with E-state index >= 15 is 0 Å². The van der Waals surface area contributed by atoms with Gasteiger partial charge in [0.25, 0.3) is 0 Å². The zero-order chi connectivity index (χ0) is 13.2. The Balaban J connectivity index is 1.81. The van der Waals surface area contributed by atoms with Crippen LogP contribution in [0.25, 0.3) is 0 Å². The predicted molar refractivity (Wildman–Crippen MR) is 72.9 cm³/mol. The summed E-state index contributed by atoms with van der Waals surface area (Å²) < 4.78 is 12.9. The van der Waals surface area contributed by atoms with Crippen LogP contribution in [-0.2, 0) is 6.42 Å². The Morgan fingerprint density at radius 3 is 2.63 bits per heavy atom. The Hall–Kier alpha value is -2.16. The van der Waals surface area contributed by atoms with Crippen molar-refractivity contribution in [1.82, 2.24) is 0 Å². The maximum absolute atomic E-state index is 12.9. The summed E-state index contributed by atoms with van der Waals surface area (Å²) in [5.74, 6) is -0.298. The van der Waals surface area contributed by atoms with E-state index in [9.17, 15) is 9.18 Å². The zero-order valence-corrected chi connectivity index (χ0v) is 10.4. The van der Waals surface area contributed by atoms with Gasteiger partial charge in [-0.2, -0.15) is 0 Å². The molecule has 2 aromatic carbocycles. The fourth-order valence-corrected chi connectivity index (χ4v) is 2.45. The lowest BCUT2D eigenvalue weighted by Gasteiger charge is -2.26. The Morgan fingerprint density at radius 2 is 1.84 bits per heavy atom. The van der Waals surface area contributed by atoms with Crippen molar-refractivity contribution in [3.05, 3.63) is 65.5 Å². The van der Waals surface area contributed by atoms with Crippen molar-refractivity contribution in [2.24, 2.45) is 0 Å². The predicted octanol–water partition coefficient (Wildman–Crippen LogP) is 3.44. The van der Waals surface area contributed by atoms with Crippen LogP contribution >= 0.6 is 0 Å². The number of nitrogens with one attached hydrogen (secondary N) is 1. The minimum Gasteiger partial charge on any atom is -0.375 e. The molecule has 0 spiro atoms. The highest BCUT2D eigenvalue weighted by molar-refractivity contribution is 6.02. The largest absolute Gasteiger partial charge is 0.375 e. The Bertz CT molecular complexity index is 606. The van der Waals surface area contributed by atoms with Gasteiger partial charge in [0.1, 0.15) is 5.82 Å². The van der Waals surface area contributed by atoms with E-state index in [0.717, 1.165) is 18.5 Å². The van der Waals surface area contributed by atoms with Gasteiger partial charge in [0.2, 0.25) is 0 Å². The van der Waals surface area contributed by atoms with Crippen molar-refractivity contribution in [3.8, 4) is 0 Å². The van der Waals surface area contributed by atoms with Crippen LogP contribution in [0.4, 0.5) is 10.1 Å². The molecule has 0 aliphatic carbocycles. The number of halogens is 1. The molecule has 3 heteroatoms. The summed E-state index contributed by atoms with van der Waals surface area (Å²) in [5.41, 5.74) is 2.82. The molecule has 0 aromatic heterocycles. The maximum Gasteiger partial charge on any atom is 0.185 e. The average Bonchev–Trinajstić information content (AvgIpc) is 2.47. The standard InChI is InChI=1S/C16H14FNO/c17-13-8-5-12(6-9-13)16(19)15-10-7-11-3-1-2-4-14(11)18-15/h1-6,8-9,15,18H,7,10H2/t15-/m1/s1. The highest BCUT2D eigenvalue weighted by atomic mass is 19.1. The molecule has 1 heterocycles. The van der Waals surface area contributed by atoms with Gasteiger partial charge < -0.3 is 5.32 Å². The molecule has 0 saturated heterocycles. The van der Waals surface area contributed by atoms with Crippen LogP contribution in [0.15, 0.2) is 48.5 Å². The average molecular weight is 255 g/mol. The first-order valence-corrected chi connectivity index (χ1v) is 6.38. The zero-order valence-electron chi connectivity index (χ0n) is 10.4. The lowest BCUT2D eigenvalue weighted by atomic mass is 9.93. The fraction of sp³-hybridized carbons (Fsp3) is 0.188. The smallest absolute Gasteiger partial charge is 0.185 e. The van der Waals surface area contributed by atoms with Crippen LogP contribution in [-0.4, -0.2) is 11.8 Å². The highest BCUT2D eigenvalue weighted by Crippen LogP contribution is 2.25. The molecule has 2 aromatic rings. The molecular formula is C16H14FNO. The van der Waals surface area contributed by atoms with E-state index < -0.39 is 0 Å². The summed E-state index contributed by atoms with van der Waals surface area (Å²) in [6.45, 7) is 0. The van der Waals surface area contributed by atoms with Crippen molar-refractivity contribution in [1.29, 1.82) is 0 Å². The number of carbonyl (C=O) groups is 1. The summed E-state index contributed by atoms with van der Waals surface area (Å²) in [6.07, 6.45) is 1.66. The topological polar surface area (TPSA) is 29.1 Å². The van der Waals surface area contributed by atoms with Crippen LogP contribution in [0.1, 0.15) is 22.3 Å². The van der Waals surface area contributed by atoms with Gasteiger partial charge >= 0.3 is 0 Å². The number of aryl methyl sites for hydroxylation is 1. The third kappa shape index (κ3) is 2.36. The maximum atomic E-state index is 12.9. The van der Waals surface area contributed by atoms with E-state index in [1.54, 1.807) is 12.1 Å². The van der Waals surface area contributed by atoms with Crippen molar-refractivity contribution < 1.29 is 9.18 Å². The SMILES string of the molecule is O=C(c1ccc(F)cc1)[C@H]1CCc2ccccc2N1. The molecule has 0 bridgehead atoms. The number of benzene rings is 2. The van der Waals surface area contributed by atoms with E-state index in [2.05, 4.69) is 11.4 Å². The van der Waals surface area contributed by atoms with Gasteiger partial charge in [-0.15, -0.1) is 0 Å². The Morgan fingerprint density at radius 1 is 1.11 bits per heavy atom. The molecular weight excluding hydrogens is 241 g/mol. The Kier molecular flexibility index (Phi) is 3.03. The number of hydrogen-bond acceptors (Lipinski definition) is 2. The van der Waals surface area contributed by atoms with Gasteiger partial charge in [0.05, 0.1) is 6.04 Å². The van der Waals surface area contributed by atoms with Crippen molar-refractivity contribution in [2.75, 3.05) is 5.32 Å². The minimum atomic E-state index is -0.321. The summed E-state index contributed by atoms with van der Waals surface area (Å²) in [7, 11) is 0. The molecule has 1 N–H and O–H groups in total. The number of rotatable bonds is 2. The fourth-order valence-electron chi connectivity index (χ4n) is 2.45. The summed E-state index contributed by atoms with van der Waals surface area (Å²) in [5, 5.41) is 3.27. The lowest BCUT2D eigenvalue weighted by molar-refractivity contribution is 0.0964. The number of anilines is 1. The summed E-state index contributed by atoms with van der Waals surface area (Å²) in [4.78, 5) is 12.3. The first-order chi connectivity index (χ1) is 9.24. The number of ketones is 1. The first kappa shape index (κ1) is 11.9. The van der Waals surface area contributed by atoms with Crippen LogP contribution in [0.2, 0.25) is 0 Å². The molecule has 1 atom stereocenters. The van der Waals surface area contributed by atoms with Crippen molar-refractivity contribution in [2.45, 2.75) is 18.9 Å². The van der Waals surface area contributed by atoms with Crippen molar-refractivity contribution in [3.63, 3.8) is 0 Å². The van der Waals surface area contributed by atoms with Crippen LogP contribution in [0, 0.1) is 5.82 Å². The van der Waals surface area contributed by atoms with Gasteiger partial charge in [-0.1, -0.05) is 18.2 Å². The molecule has 1 aliphatic heterocycles. The van der Waals surface area contributed by atoms with E-state index in [-0.39, 0.29) is 17.6 Å². The molecule has 0 fully saturated rings. The van der Waals surface area contributed by atoms with Gasteiger partial charge in [-0.05, 0) is 48.7 Å². The first-order valence-electron chi connectivity index (χ1n) is 6.38. The van der Waals surface area contributed by atoms with Gasteiger partial charge in [-0.3, -0.25) is 4.79 Å². The van der Waals surface area contributed by atoms with Crippen LogP contribution in [0.5, 0.6) is 0 Å². The Labute approximate surface area is 111 Å². The number of carbonyl (C=O) groups excluding carboxylic acids is 1. The second-order valence-corrected chi connectivity index (χ2v) is 4.76. The van der Waals surface area contributed by atoms with Crippen LogP contribution < -0.4 is 5.32 Å². The highest BCUT2D eigenvalue weighted by Gasteiger charge is 2.24. The molecule has 3 rings (SSSR count). The normalized spacial score (nSPS) is 17.4. The quantitative estimate of drug-likeness (QED) is 0.833. The molecule has 19 heavy (non-hydrogen) atoms. The number of para-hydroxylation sites is 1. The van der Waals surface area contributed by atoms with Gasteiger partial charge in [-0.25, -0.2) is 4.39 Å². The molecule has 2 nitrogen and oxygen atoms in total. The number of hydrogen-bond donors (Lipinski definition) is 1. The third-order valence-electron chi connectivity index (χ3n) is 3.49. The van der Waals surface area contributed by atoms with Crippen molar-refractivity contribution >= 4 is 11.5 Å². The van der Waals surface area contributed by atoms with E-state index in [1.165, 1.54) is 17.7 Å². The molecule has 0 radical (unpaired) electrons. The summed E-state index contributed by atoms with van der Waals surface area (Å²) >= 11 is 0. The van der Waals surface area contributed by atoms with E-state index in [0.29, 0.717) is 5.56 Å². The summed E-state index contributed by atoms with van der Waals surface area (Å²) in [6, 6.07) is 13.5. The van der Waals surface area contributed by atoms with Gasteiger partial charge in [0, 0.05) is 11.3 Å². The molecule has 0 saturated carbocycles. The number of fused-ring (bicyclic) bond motifs is 1. The lowest BCUT2D eigenvalue weighted by Crippen LogP contribution is -2.33. The molecule has 1 aliphatic rings. The number of Topliss-reactive ketones (excluding diaryl/α,β-unsaturated/α-hetero) is 1. The minimum absolute atomic E-state index is 0.0227. The molecule has 96 valence electrons. The molecule has 0 unspecified atom stereocenters. The monoisotopic (exact) mass is 255 g/mol. The third-order valence-corrected chi connectivity index (χ3v) is 3.49. The van der Waals surface area contributed by atoms with Crippen LogP contribution in [0.3, 0.4) is 0 Å². The van der Waals surface area contributed by atoms with E-state index in [4.69, 9.17) is 0 Å². The van der Waals surface area contributed by atoms with E-state index in [1.807, 2.05) is 18.2 Å². The second-order valence-electron chi connectivity index (χ2n) is 4.76. The second kappa shape index (κ2) is 4.84.